The molecule has 0 aliphatic heterocycles. The van der Waals surface area contributed by atoms with Crippen LogP contribution >= 0.6 is 11.3 Å². The fourth-order valence-corrected chi connectivity index (χ4v) is 3.17. The number of ether oxygens (including phenoxy) is 1. The van der Waals surface area contributed by atoms with E-state index in [1.54, 1.807) is 0 Å². The molecule has 1 unspecified atom stereocenters. The van der Waals surface area contributed by atoms with Gasteiger partial charge in [-0.1, -0.05) is 29.8 Å². The molecule has 29 heavy (non-hydrogen) atoms. The maximum Gasteiger partial charge on any atom is 0.407 e. The van der Waals surface area contributed by atoms with Crippen molar-refractivity contribution in [3.8, 4) is 11.3 Å². The minimum Gasteiger partial charge on any atom is -0.444 e. The summed E-state index contributed by atoms with van der Waals surface area (Å²) in [5, 5.41) is 8.06. The van der Waals surface area contributed by atoms with Gasteiger partial charge in [0.25, 0.3) is 0 Å². The zero-order valence-electron chi connectivity index (χ0n) is 17.9. The molecule has 2 N–H and O–H groups in total. The number of amides is 2. The third kappa shape index (κ3) is 7.83. The zero-order chi connectivity index (χ0) is 21.6. The third-order valence-electron chi connectivity index (χ3n) is 4.18. The number of anilines is 1. The lowest BCUT2D eigenvalue weighted by Gasteiger charge is -2.25. The van der Waals surface area contributed by atoms with Crippen LogP contribution in [0.15, 0.2) is 29.6 Å². The number of alkyl carbamates (subject to hydrolysis) is 1. The average molecular weight is 419 g/mol. The number of aryl methyl sites for hydroxylation is 1. The van der Waals surface area contributed by atoms with Crippen LogP contribution in [0.2, 0.25) is 0 Å². The van der Waals surface area contributed by atoms with Gasteiger partial charge in [0.15, 0.2) is 5.13 Å². The lowest BCUT2D eigenvalue weighted by molar-refractivity contribution is -0.117. The minimum absolute atomic E-state index is 0.0346. The first-order valence-corrected chi connectivity index (χ1v) is 10.4. The van der Waals surface area contributed by atoms with E-state index in [-0.39, 0.29) is 18.5 Å². The van der Waals surface area contributed by atoms with Crippen LogP contribution in [0.5, 0.6) is 0 Å². The van der Waals surface area contributed by atoms with Crippen LogP contribution in [-0.4, -0.2) is 53.7 Å². The Morgan fingerprint density at radius 3 is 2.52 bits per heavy atom. The molecule has 1 atom stereocenters. The Balaban J connectivity index is 1.81. The average Bonchev–Trinajstić information content (AvgIpc) is 3.07. The second-order valence-electron chi connectivity index (χ2n) is 8.10. The number of hydrogen-bond donors (Lipinski definition) is 2. The van der Waals surface area contributed by atoms with Crippen molar-refractivity contribution >= 4 is 28.5 Å². The van der Waals surface area contributed by atoms with E-state index < -0.39 is 11.7 Å². The molecule has 2 rings (SSSR count). The number of thiazole rings is 1. The number of likely N-dealkylation sites (N-methyl/N-ethyl adjacent to an activating group) is 1. The highest BCUT2D eigenvalue weighted by atomic mass is 32.1. The van der Waals surface area contributed by atoms with E-state index in [0.717, 1.165) is 11.3 Å². The summed E-state index contributed by atoms with van der Waals surface area (Å²) < 4.78 is 5.22. The van der Waals surface area contributed by atoms with Gasteiger partial charge in [-0.25, -0.2) is 9.78 Å². The first kappa shape index (κ1) is 22.8. The Morgan fingerprint density at radius 1 is 1.24 bits per heavy atom. The standard InChI is InChI=1S/C21H30N4O3S/c1-14-7-9-16(10-8-14)17-13-29-19(23-17)24-18(26)12-25(6)15(2)11-22-20(27)28-21(3,4)5/h7-10,13,15H,11-12H2,1-6H3,(H,22,27)(H,23,24,26). The highest BCUT2D eigenvalue weighted by Crippen LogP contribution is 2.25. The van der Waals surface area contributed by atoms with Gasteiger partial charge in [0.05, 0.1) is 12.2 Å². The van der Waals surface area contributed by atoms with Crippen molar-refractivity contribution in [2.24, 2.45) is 0 Å². The fraction of sp³-hybridized carbons (Fsp3) is 0.476. The van der Waals surface area contributed by atoms with Gasteiger partial charge in [-0.2, -0.15) is 0 Å². The topological polar surface area (TPSA) is 83.6 Å². The molecule has 1 aromatic carbocycles. The number of hydrogen-bond acceptors (Lipinski definition) is 6. The van der Waals surface area contributed by atoms with Crippen LogP contribution in [0.3, 0.4) is 0 Å². The van der Waals surface area contributed by atoms with E-state index in [9.17, 15) is 9.59 Å². The van der Waals surface area contributed by atoms with Gasteiger partial charge >= 0.3 is 6.09 Å². The molecule has 1 heterocycles. The van der Waals surface area contributed by atoms with Crippen molar-refractivity contribution in [3.05, 3.63) is 35.2 Å². The van der Waals surface area contributed by atoms with Crippen molar-refractivity contribution in [1.29, 1.82) is 0 Å². The first-order chi connectivity index (χ1) is 13.5. The lowest BCUT2D eigenvalue weighted by Crippen LogP contribution is -2.44. The largest absolute Gasteiger partial charge is 0.444 e. The number of aromatic nitrogens is 1. The molecule has 0 fully saturated rings. The van der Waals surface area contributed by atoms with E-state index in [1.165, 1.54) is 16.9 Å². The second-order valence-corrected chi connectivity index (χ2v) is 8.96. The first-order valence-electron chi connectivity index (χ1n) is 9.53. The molecule has 2 amide bonds. The number of carbonyl (C=O) groups excluding carboxylic acids is 2. The Bertz CT molecular complexity index is 827. The summed E-state index contributed by atoms with van der Waals surface area (Å²) in [4.78, 5) is 30.4. The highest BCUT2D eigenvalue weighted by Gasteiger charge is 2.19. The summed E-state index contributed by atoms with van der Waals surface area (Å²) in [5.41, 5.74) is 2.51. The van der Waals surface area contributed by atoms with Crippen molar-refractivity contribution in [3.63, 3.8) is 0 Å². The monoisotopic (exact) mass is 418 g/mol. The van der Waals surface area contributed by atoms with Crippen molar-refractivity contribution in [1.82, 2.24) is 15.2 Å². The van der Waals surface area contributed by atoms with E-state index in [2.05, 4.69) is 15.6 Å². The Labute approximate surface area is 176 Å². The van der Waals surface area contributed by atoms with E-state index >= 15 is 0 Å². The smallest absolute Gasteiger partial charge is 0.407 e. The predicted octanol–water partition coefficient (Wildman–Crippen LogP) is 3.90. The molecule has 2 aromatic rings. The number of rotatable bonds is 7. The van der Waals surface area contributed by atoms with Gasteiger partial charge in [0.2, 0.25) is 5.91 Å². The molecule has 0 bridgehead atoms. The van der Waals surface area contributed by atoms with Crippen molar-refractivity contribution < 1.29 is 14.3 Å². The summed E-state index contributed by atoms with van der Waals surface area (Å²) in [6.45, 7) is 9.99. The van der Waals surface area contributed by atoms with Crippen molar-refractivity contribution in [2.45, 2.75) is 46.3 Å². The van der Waals surface area contributed by atoms with E-state index in [1.807, 2.05) is 76.2 Å². The maximum atomic E-state index is 12.3. The molecule has 0 aliphatic rings. The Kier molecular flexibility index (Phi) is 7.75. The predicted molar refractivity (Wildman–Crippen MR) is 117 cm³/mol. The SMILES string of the molecule is Cc1ccc(-c2csc(NC(=O)CN(C)C(C)CNC(=O)OC(C)(C)C)n2)cc1. The third-order valence-corrected chi connectivity index (χ3v) is 4.94. The molecule has 0 saturated carbocycles. The molecule has 0 radical (unpaired) electrons. The number of nitrogens with one attached hydrogen (secondary N) is 2. The van der Waals surface area contributed by atoms with Crippen LogP contribution in [0.1, 0.15) is 33.3 Å². The van der Waals surface area contributed by atoms with Crippen LogP contribution in [0, 0.1) is 6.92 Å². The molecule has 0 spiro atoms. The maximum absolute atomic E-state index is 12.3. The van der Waals surface area contributed by atoms with Gasteiger partial charge in [-0.3, -0.25) is 9.69 Å². The fourth-order valence-electron chi connectivity index (χ4n) is 2.43. The number of benzene rings is 1. The van der Waals surface area contributed by atoms with Gasteiger partial charge < -0.3 is 15.4 Å². The normalized spacial score (nSPS) is 12.5. The summed E-state index contributed by atoms with van der Waals surface area (Å²) in [7, 11) is 1.83. The molecule has 7 nitrogen and oxygen atoms in total. The van der Waals surface area contributed by atoms with Crippen molar-refractivity contribution in [2.75, 3.05) is 25.5 Å². The Morgan fingerprint density at radius 2 is 1.90 bits per heavy atom. The van der Waals surface area contributed by atoms with Gasteiger partial charge in [0.1, 0.15) is 5.60 Å². The van der Waals surface area contributed by atoms with Gasteiger partial charge in [-0.05, 0) is 41.7 Å². The lowest BCUT2D eigenvalue weighted by atomic mass is 10.1. The number of carbonyl (C=O) groups is 2. The molecule has 0 saturated heterocycles. The Hall–Kier alpha value is -2.45. The number of nitrogens with zero attached hydrogens (tertiary/aromatic N) is 2. The molecule has 8 heteroatoms. The highest BCUT2D eigenvalue weighted by molar-refractivity contribution is 7.14. The molecular formula is C21H30N4O3S. The van der Waals surface area contributed by atoms with Crippen LogP contribution in [0.4, 0.5) is 9.93 Å². The van der Waals surface area contributed by atoms with Gasteiger partial charge in [-0.15, -0.1) is 11.3 Å². The quantitative estimate of drug-likeness (QED) is 0.712. The molecule has 1 aromatic heterocycles. The summed E-state index contributed by atoms with van der Waals surface area (Å²) in [6.07, 6.45) is -0.464. The minimum atomic E-state index is -0.537. The summed E-state index contributed by atoms with van der Waals surface area (Å²) in [5.74, 6) is -0.151. The molecular weight excluding hydrogens is 388 g/mol. The molecule has 158 valence electrons. The van der Waals surface area contributed by atoms with E-state index in [4.69, 9.17) is 4.74 Å². The van der Waals surface area contributed by atoms with Crippen LogP contribution in [0.25, 0.3) is 11.3 Å². The summed E-state index contributed by atoms with van der Waals surface area (Å²) in [6, 6.07) is 8.07. The van der Waals surface area contributed by atoms with Crippen LogP contribution < -0.4 is 10.6 Å². The zero-order valence-corrected chi connectivity index (χ0v) is 18.7. The summed E-state index contributed by atoms with van der Waals surface area (Å²) >= 11 is 1.40. The van der Waals surface area contributed by atoms with Gasteiger partial charge in [0, 0.05) is 23.5 Å². The van der Waals surface area contributed by atoms with E-state index in [0.29, 0.717) is 11.7 Å². The molecule has 0 aliphatic carbocycles. The van der Waals surface area contributed by atoms with Crippen LogP contribution in [-0.2, 0) is 9.53 Å². The second kappa shape index (κ2) is 9.84.